The molecule has 0 aromatic heterocycles. The lowest BCUT2D eigenvalue weighted by Crippen LogP contribution is -2.34. The van der Waals surface area contributed by atoms with E-state index in [0.29, 0.717) is 6.54 Å². The zero-order valence-electron chi connectivity index (χ0n) is 8.67. The van der Waals surface area contributed by atoms with Gasteiger partial charge in [-0.05, 0) is 32.4 Å². The number of ether oxygens (including phenoxy) is 1. The van der Waals surface area contributed by atoms with Crippen molar-refractivity contribution in [2.24, 2.45) is 5.73 Å². The maximum Gasteiger partial charge on any atom is 0.0705 e. The lowest BCUT2D eigenvalue weighted by molar-refractivity contribution is 0.0863. The van der Waals surface area contributed by atoms with E-state index in [0.717, 1.165) is 13.0 Å². The molecule has 0 aromatic rings. The standard InChI is InChI=1S/C10H22N2O/c1-13-10(9-11)5-8-12-6-3-2-4-7-12/h10H,2-9,11H2,1H3. The van der Waals surface area contributed by atoms with E-state index >= 15 is 0 Å². The topological polar surface area (TPSA) is 38.5 Å². The molecule has 0 aliphatic carbocycles. The normalized spacial score (nSPS) is 21.7. The van der Waals surface area contributed by atoms with Gasteiger partial charge in [-0.3, -0.25) is 0 Å². The molecule has 0 saturated carbocycles. The predicted octanol–water partition coefficient (Wildman–Crippen LogP) is 0.836. The number of methoxy groups -OCH3 is 1. The van der Waals surface area contributed by atoms with Crippen LogP contribution in [0.15, 0.2) is 0 Å². The number of nitrogens with two attached hydrogens (primary N) is 1. The second-order valence-electron chi connectivity index (χ2n) is 3.78. The van der Waals surface area contributed by atoms with Gasteiger partial charge >= 0.3 is 0 Å². The predicted molar refractivity (Wildman–Crippen MR) is 54.8 cm³/mol. The van der Waals surface area contributed by atoms with Crippen molar-refractivity contribution in [1.82, 2.24) is 4.90 Å². The average Bonchev–Trinajstić information content (AvgIpc) is 2.21. The van der Waals surface area contributed by atoms with Gasteiger partial charge in [0.15, 0.2) is 0 Å². The Morgan fingerprint density at radius 1 is 1.31 bits per heavy atom. The molecule has 3 nitrogen and oxygen atoms in total. The van der Waals surface area contributed by atoms with Crippen LogP contribution in [0.4, 0.5) is 0 Å². The molecule has 0 aromatic carbocycles. The minimum atomic E-state index is 0.252. The van der Waals surface area contributed by atoms with Crippen molar-refractivity contribution in [3.8, 4) is 0 Å². The quantitative estimate of drug-likeness (QED) is 0.691. The highest BCUT2D eigenvalue weighted by molar-refractivity contribution is 4.67. The van der Waals surface area contributed by atoms with E-state index in [9.17, 15) is 0 Å². The molecule has 1 fully saturated rings. The van der Waals surface area contributed by atoms with Gasteiger partial charge in [0.1, 0.15) is 0 Å². The van der Waals surface area contributed by atoms with Crippen LogP contribution in [0.25, 0.3) is 0 Å². The van der Waals surface area contributed by atoms with Crippen molar-refractivity contribution in [3.05, 3.63) is 0 Å². The zero-order valence-corrected chi connectivity index (χ0v) is 8.67. The molecular formula is C10H22N2O. The van der Waals surface area contributed by atoms with E-state index in [4.69, 9.17) is 10.5 Å². The van der Waals surface area contributed by atoms with Crippen molar-refractivity contribution < 1.29 is 4.74 Å². The van der Waals surface area contributed by atoms with Crippen molar-refractivity contribution in [3.63, 3.8) is 0 Å². The summed E-state index contributed by atoms with van der Waals surface area (Å²) >= 11 is 0. The summed E-state index contributed by atoms with van der Waals surface area (Å²) in [5.41, 5.74) is 5.56. The summed E-state index contributed by atoms with van der Waals surface area (Å²) in [4.78, 5) is 2.52. The van der Waals surface area contributed by atoms with Crippen LogP contribution >= 0.6 is 0 Å². The molecule has 78 valence electrons. The first-order valence-electron chi connectivity index (χ1n) is 5.32. The van der Waals surface area contributed by atoms with Gasteiger partial charge in [0.05, 0.1) is 6.10 Å². The first-order valence-corrected chi connectivity index (χ1v) is 5.32. The Morgan fingerprint density at radius 2 is 2.00 bits per heavy atom. The molecule has 13 heavy (non-hydrogen) atoms. The Bertz CT molecular complexity index is 120. The molecule has 0 spiro atoms. The average molecular weight is 186 g/mol. The molecule has 0 radical (unpaired) electrons. The van der Waals surface area contributed by atoms with Crippen LogP contribution in [0.2, 0.25) is 0 Å². The lowest BCUT2D eigenvalue weighted by atomic mass is 10.1. The number of nitrogens with zero attached hydrogens (tertiary/aromatic N) is 1. The van der Waals surface area contributed by atoms with Crippen molar-refractivity contribution in [2.75, 3.05) is 33.3 Å². The Hall–Kier alpha value is -0.120. The Morgan fingerprint density at radius 3 is 2.54 bits per heavy atom. The van der Waals surface area contributed by atoms with Gasteiger partial charge in [0, 0.05) is 20.2 Å². The number of piperidine rings is 1. The first-order chi connectivity index (χ1) is 6.36. The number of hydrogen-bond acceptors (Lipinski definition) is 3. The smallest absolute Gasteiger partial charge is 0.0705 e. The van der Waals surface area contributed by atoms with E-state index in [2.05, 4.69) is 4.90 Å². The van der Waals surface area contributed by atoms with Crippen LogP contribution in [-0.2, 0) is 4.74 Å². The zero-order chi connectivity index (χ0) is 9.52. The van der Waals surface area contributed by atoms with Crippen LogP contribution in [0, 0.1) is 0 Å². The van der Waals surface area contributed by atoms with Crippen molar-refractivity contribution >= 4 is 0 Å². The molecule has 1 aliphatic rings. The number of likely N-dealkylation sites (tertiary alicyclic amines) is 1. The van der Waals surface area contributed by atoms with E-state index in [1.165, 1.54) is 32.4 Å². The fourth-order valence-electron chi connectivity index (χ4n) is 1.84. The molecule has 1 rings (SSSR count). The van der Waals surface area contributed by atoms with Crippen LogP contribution in [0.1, 0.15) is 25.7 Å². The van der Waals surface area contributed by atoms with Gasteiger partial charge in [-0.1, -0.05) is 6.42 Å². The molecule has 1 saturated heterocycles. The Balaban J connectivity index is 2.09. The monoisotopic (exact) mass is 186 g/mol. The molecule has 0 amide bonds. The summed E-state index contributed by atoms with van der Waals surface area (Å²) in [5, 5.41) is 0. The highest BCUT2D eigenvalue weighted by Crippen LogP contribution is 2.09. The van der Waals surface area contributed by atoms with Gasteiger partial charge in [-0.25, -0.2) is 0 Å². The van der Waals surface area contributed by atoms with Crippen LogP contribution in [0.5, 0.6) is 0 Å². The van der Waals surface area contributed by atoms with E-state index in [1.807, 2.05) is 0 Å². The summed E-state index contributed by atoms with van der Waals surface area (Å²) in [7, 11) is 1.74. The first kappa shape index (κ1) is 11.0. The SMILES string of the molecule is COC(CN)CCN1CCCCC1. The third kappa shape index (κ3) is 4.07. The molecule has 1 atom stereocenters. The molecule has 0 bridgehead atoms. The van der Waals surface area contributed by atoms with Gasteiger partial charge < -0.3 is 15.4 Å². The summed E-state index contributed by atoms with van der Waals surface area (Å²) in [6.45, 7) is 4.32. The highest BCUT2D eigenvalue weighted by Gasteiger charge is 2.12. The fourth-order valence-corrected chi connectivity index (χ4v) is 1.84. The Labute approximate surface area is 81.2 Å². The maximum atomic E-state index is 5.56. The second-order valence-corrected chi connectivity index (χ2v) is 3.78. The number of hydrogen-bond donors (Lipinski definition) is 1. The highest BCUT2D eigenvalue weighted by atomic mass is 16.5. The summed E-state index contributed by atoms with van der Waals surface area (Å²) < 4.78 is 5.24. The van der Waals surface area contributed by atoms with Crippen LogP contribution in [0.3, 0.4) is 0 Å². The maximum absolute atomic E-state index is 5.56. The molecule has 1 unspecified atom stereocenters. The minimum Gasteiger partial charge on any atom is -0.380 e. The molecule has 1 heterocycles. The third-order valence-electron chi connectivity index (χ3n) is 2.81. The molecule has 1 aliphatic heterocycles. The second kappa shape index (κ2) is 6.35. The van der Waals surface area contributed by atoms with E-state index in [-0.39, 0.29) is 6.10 Å². The van der Waals surface area contributed by atoms with Gasteiger partial charge in [0.2, 0.25) is 0 Å². The van der Waals surface area contributed by atoms with E-state index < -0.39 is 0 Å². The third-order valence-corrected chi connectivity index (χ3v) is 2.81. The fraction of sp³-hybridized carbons (Fsp3) is 1.00. The van der Waals surface area contributed by atoms with Crippen molar-refractivity contribution in [2.45, 2.75) is 31.8 Å². The molecule has 2 N–H and O–H groups in total. The van der Waals surface area contributed by atoms with Crippen LogP contribution in [-0.4, -0.2) is 44.3 Å². The summed E-state index contributed by atoms with van der Waals surface area (Å²) in [5.74, 6) is 0. The van der Waals surface area contributed by atoms with Gasteiger partial charge in [0.25, 0.3) is 0 Å². The summed E-state index contributed by atoms with van der Waals surface area (Å²) in [6.07, 6.45) is 5.45. The molecular weight excluding hydrogens is 164 g/mol. The summed E-state index contributed by atoms with van der Waals surface area (Å²) in [6, 6.07) is 0. The minimum absolute atomic E-state index is 0.252. The van der Waals surface area contributed by atoms with Crippen LogP contribution < -0.4 is 5.73 Å². The Kier molecular flexibility index (Phi) is 5.35. The van der Waals surface area contributed by atoms with E-state index in [1.54, 1.807) is 7.11 Å². The van der Waals surface area contributed by atoms with Gasteiger partial charge in [-0.15, -0.1) is 0 Å². The van der Waals surface area contributed by atoms with Gasteiger partial charge in [-0.2, -0.15) is 0 Å². The lowest BCUT2D eigenvalue weighted by Gasteiger charge is -2.27. The largest absolute Gasteiger partial charge is 0.380 e. The molecule has 3 heteroatoms. The van der Waals surface area contributed by atoms with Crippen molar-refractivity contribution in [1.29, 1.82) is 0 Å². The number of rotatable bonds is 5.